The molecule has 0 aliphatic carbocycles. The number of hydrogen-bond acceptors (Lipinski definition) is 3. The maximum atomic E-state index is 12.8. The maximum absolute atomic E-state index is 12.8. The summed E-state index contributed by atoms with van der Waals surface area (Å²) in [6, 6.07) is 13.6. The van der Waals surface area contributed by atoms with Crippen LogP contribution in [0.5, 0.6) is 0 Å². The molecule has 2 rings (SSSR count). The van der Waals surface area contributed by atoms with Gasteiger partial charge in [-0.2, -0.15) is 0 Å². The lowest BCUT2D eigenvalue weighted by Crippen LogP contribution is -2.39. The number of carbonyl (C=O) groups is 1. The summed E-state index contributed by atoms with van der Waals surface area (Å²) in [6.07, 6.45) is -0.799. The lowest BCUT2D eigenvalue weighted by Gasteiger charge is -2.13. The van der Waals surface area contributed by atoms with E-state index in [2.05, 4.69) is 22.5 Å². The highest BCUT2D eigenvalue weighted by Crippen LogP contribution is 2.05. The fourth-order valence-corrected chi connectivity index (χ4v) is 1.93. The molecule has 0 bridgehead atoms. The molecule has 2 aromatic rings. The van der Waals surface area contributed by atoms with Gasteiger partial charge in [0, 0.05) is 24.6 Å². The summed E-state index contributed by atoms with van der Waals surface area (Å²) in [5, 5.41) is 15.1. The highest BCUT2D eigenvalue weighted by molar-refractivity contribution is 5.72. The minimum Gasteiger partial charge on any atom is -0.377 e. The molecule has 1 amide bonds. The van der Waals surface area contributed by atoms with Gasteiger partial charge >= 0.3 is 0 Å². The molecule has 124 valence electrons. The van der Waals surface area contributed by atoms with Crippen LogP contribution in [-0.2, 0) is 11.3 Å². The monoisotopic (exact) mass is 326 g/mol. The molecule has 0 aliphatic rings. The average Bonchev–Trinajstić information content (AvgIpc) is 2.58. The summed E-state index contributed by atoms with van der Waals surface area (Å²) in [7, 11) is 0. The van der Waals surface area contributed by atoms with Gasteiger partial charge in [-0.05, 0) is 42.0 Å². The van der Waals surface area contributed by atoms with Crippen molar-refractivity contribution < 1.29 is 14.3 Å². The Balaban J connectivity index is 1.87. The van der Waals surface area contributed by atoms with Gasteiger partial charge in [0.1, 0.15) is 12.0 Å². The minimum atomic E-state index is -0.799. The molecule has 5 heteroatoms. The van der Waals surface area contributed by atoms with Gasteiger partial charge in [0.05, 0.1) is 6.54 Å². The van der Waals surface area contributed by atoms with E-state index in [-0.39, 0.29) is 18.3 Å². The molecule has 0 heterocycles. The molecule has 0 aliphatic heterocycles. The van der Waals surface area contributed by atoms with Crippen molar-refractivity contribution in [3.63, 3.8) is 0 Å². The van der Waals surface area contributed by atoms with E-state index in [1.54, 1.807) is 12.1 Å². The number of carbonyl (C=O) groups excluding carboxylic acids is 1. The minimum absolute atomic E-state index is 0.163. The molecule has 1 atom stereocenters. The van der Waals surface area contributed by atoms with E-state index < -0.39 is 6.23 Å². The molecule has 0 aromatic heterocycles. The first-order valence-electron chi connectivity index (χ1n) is 7.55. The zero-order valence-corrected chi connectivity index (χ0v) is 13.3. The predicted molar refractivity (Wildman–Crippen MR) is 90.4 cm³/mol. The molecule has 3 N–H and O–H groups in total. The van der Waals surface area contributed by atoms with Crippen molar-refractivity contribution in [1.29, 1.82) is 0 Å². The van der Waals surface area contributed by atoms with Gasteiger partial charge in [0.15, 0.2) is 0 Å². The van der Waals surface area contributed by atoms with E-state index in [1.165, 1.54) is 19.1 Å². The van der Waals surface area contributed by atoms with Crippen molar-refractivity contribution in [2.75, 3.05) is 6.54 Å². The zero-order chi connectivity index (χ0) is 17.4. The summed E-state index contributed by atoms with van der Waals surface area (Å²) in [5.74, 6) is 5.53. The Bertz CT molecular complexity index is 731. The third kappa shape index (κ3) is 6.21. The average molecular weight is 326 g/mol. The van der Waals surface area contributed by atoms with Crippen molar-refractivity contribution in [2.45, 2.75) is 19.7 Å². The first kappa shape index (κ1) is 17.7. The van der Waals surface area contributed by atoms with Crippen LogP contribution >= 0.6 is 0 Å². The molecule has 4 nitrogen and oxygen atoms in total. The van der Waals surface area contributed by atoms with E-state index in [0.717, 1.165) is 16.7 Å². The van der Waals surface area contributed by atoms with E-state index in [1.807, 2.05) is 24.3 Å². The number of hydrogen-bond donors (Lipinski definition) is 3. The third-order valence-electron chi connectivity index (χ3n) is 3.24. The summed E-state index contributed by atoms with van der Waals surface area (Å²) < 4.78 is 12.8. The molecular weight excluding hydrogens is 307 g/mol. The van der Waals surface area contributed by atoms with Gasteiger partial charge < -0.3 is 10.4 Å². The van der Waals surface area contributed by atoms with Gasteiger partial charge in [-0.15, -0.1) is 0 Å². The number of aliphatic hydroxyl groups excluding tert-OH is 1. The van der Waals surface area contributed by atoms with Crippen molar-refractivity contribution in [2.24, 2.45) is 0 Å². The lowest BCUT2D eigenvalue weighted by molar-refractivity contribution is -0.119. The van der Waals surface area contributed by atoms with Crippen LogP contribution in [0.4, 0.5) is 4.39 Å². The van der Waals surface area contributed by atoms with Crippen LogP contribution in [0.1, 0.15) is 23.6 Å². The standard InChI is InChI=1S/C19H19FN2O2/c1-14(23)21-13-19(24)22-12-17-6-4-15(5-7-17)2-3-16-8-10-18(20)11-9-16/h4-11,19,22,24H,12-13H2,1H3,(H,21,23). The molecule has 24 heavy (non-hydrogen) atoms. The van der Waals surface area contributed by atoms with Gasteiger partial charge in [-0.1, -0.05) is 24.0 Å². The van der Waals surface area contributed by atoms with Crippen LogP contribution in [0.3, 0.4) is 0 Å². The van der Waals surface area contributed by atoms with Crippen LogP contribution in [0, 0.1) is 17.7 Å². The quantitative estimate of drug-likeness (QED) is 0.580. The number of rotatable bonds is 5. The molecule has 0 saturated carbocycles. The number of halogens is 1. The largest absolute Gasteiger partial charge is 0.377 e. The molecule has 0 radical (unpaired) electrons. The Kier molecular flexibility index (Phi) is 6.50. The first-order chi connectivity index (χ1) is 11.5. The maximum Gasteiger partial charge on any atom is 0.217 e. The molecule has 0 saturated heterocycles. The number of amides is 1. The molecule has 1 unspecified atom stereocenters. The van der Waals surface area contributed by atoms with E-state index in [4.69, 9.17) is 0 Å². The molecule has 0 spiro atoms. The van der Waals surface area contributed by atoms with Crippen LogP contribution in [0.15, 0.2) is 48.5 Å². The van der Waals surface area contributed by atoms with Crippen LogP contribution in [0.25, 0.3) is 0 Å². The second-order valence-electron chi connectivity index (χ2n) is 5.29. The number of benzene rings is 2. The van der Waals surface area contributed by atoms with Crippen LogP contribution in [0.2, 0.25) is 0 Å². The number of aliphatic hydroxyl groups is 1. The Morgan fingerprint density at radius 2 is 1.62 bits per heavy atom. The van der Waals surface area contributed by atoms with E-state index >= 15 is 0 Å². The second-order valence-corrected chi connectivity index (χ2v) is 5.29. The topological polar surface area (TPSA) is 61.4 Å². The summed E-state index contributed by atoms with van der Waals surface area (Å²) in [4.78, 5) is 10.8. The summed E-state index contributed by atoms with van der Waals surface area (Å²) in [6.45, 7) is 2.04. The second kappa shape index (κ2) is 8.82. The van der Waals surface area contributed by atoms with Gasteiger partial charge in [0.25, 0.3) is 0 Å². The zero-order valence-electron chi connectivity index (χ0n) is 13.3. The summed E-state index contributed by atoms with van der Waals surface area (Å²) >= 11 is 0. The van der Waals surface area contributed by atoms with E-state index in [0.29, 0.717) is 6.54 Å². The predicted octanol–water partition coefficient (Wildman–Crippen LogP) is 1.77. The Morgan fingerprint density at radius 1 is 1.08 bits per heavy atom. The van der Waals surface area contributed by atoms with Crippen molar-refractivity contribution in [1.82, 2.24) is 10.6 Å². The Hall–Kier alpha value is -2.68. The highest BCUT2D eigenvalue weighted by Gasteiger charge is 2.03. The van der Waals surface area contributed by atoms with E-state index in [9.17, 15) is 14.3 Å². The van der Waals surface area contributed by atoms with Crippen LogP contribution < -0.4 is 10.6 Å². The van der Waals surface area contributed by atoms with Crippen molar-refractivity contribution in [3.8, 4) is 11.8 Å². The third-order valence-corrected chi connectivity index (χ3v) is 3.24. The molecular formula is C19H19FN2O2. The Morgan fingerprint density at radius 3 is 2.17 bits per heavy atom. The summed E-state index contributed by atoms with van der Waals surface area (Å²) in [5.41, 5.74) is 2.59. The fourth-order valence-electron chi connectivity index (χ4n) is 1.93. The fraction of sp³-hybridized carbons (Fsp3) is 0.211. The van der Waals surface area contributed by atoms with Gasteiger partial charge in [-0.25, -0.2) is 4.39 Å². The van der Waals surface area contributed by atoms with Gasteiger partial charge in [-0.3, -0.25) is 10.1 Å². The SMILES string of the molecule is CC(=O)NCC(O)NCc1ccc(C#Cc2ccc(F)cc2)cc1. The van der Waals surface area contributed by atoms with Crippen molar-refractivity contribution >= 4 is 5.91 Å². The lowest BCUT2D eigenvalue weighted by atomic mass is 10.1. The molecule has 2 aromatic carbocycles. The molecule has 0 fully saturated rings. The normalized spacial score (nSPS) is 11.3. The first-order valence-corrected chi connectivity index (χ1v) is 7.55. The number of nitrogens with one attached hydrogen (secondary N) is 2. The van der Waals surface area contributed by atoms with Crippen molar-refractivity contribution in [3.05, 3.63) is 71.0 Å². The van der Waals surface area contributed by atoms with Crippen LogP contribution in [-0.4, -0.2) is 23.8 Å². The Labute approximate surface area is 140 Å². The highest BCUT2D eigenvalue weighted by atomic mass is 19.1. The smallest absolute Gasteiger partial charge is 0.217 e. The van der Waals surface area contributed by atoms with Gasteiger partial charge in [0.2, 0.25) is 5.91 Å².